The summed E-state index contributed by atoms with van der Waals surface area (Å²) in [5, 5.41) is 0. The monoisotopic (exact) mass is 448 g/mol. The average molecular weight is 449 g/mol. The zero-order chi connectivity index (χ0) is 22.8. The number of hydrogen-bond donors (Lipinski definition) is 0. The van der Waals surface area contributed by atoms with E-state index in [1.165, 1.54) is 13.8 Å². The van der Waals surface area contributed by atoms with E-state index >= 15 is 0 Å². The summed E-state index contributed by atoms with van der Waals surface area (Å²) < 4.78 is 28.8. The maximum atomic E-state index is 11.9. The Labute approximate surface area is 190 Å². The Morgan fingerprint density at radius 3 is 2.44 bits per heavy atom. The Kier molecular flexibility index (Phi) is 9.51. The summed E-state index contributed by atoms with van der Waals surface area (Å²) in [6, 6.07) is 9.98. The topological polar surface area (TPSA) is 80.3 Å². The SMILES string of the molecule is CC(=O)OCC1CC(CCOCc2ccccc2)(OC(C)=O)CC1COC1CCCCO1. The van der Waals surface area contributed by atoms with Gasteiger partial charge in [-0.25, -0.2) is 0 Å². The van der Waals surface area contributed by atoms with Crippen LogP contribution in [-0.2, 0) is 39.9 Å². The third kappa shape index (κ3) is 7.87. The molecule has 32 heavy (non-hydrogen) atoms. The van der Waals surface area contributed by atoms with E-state index in [1.807, 2.05) is 30.3 Å². The fourth-order valence-electron chi connectivity index (χ4n) is 4.73. The number of benzene rings is 1. The summed E-state index contributed by atoms with van der Waals surface area (Å²) in [5.41, 5.74) is 0.460. The van der Waals surface area contributed by atoms with Crippen molar-refractivity contribution in [1.29, 1.82) is 0 Å². The molecule has 1 aromatic carbocycles. The van der Waals surface area contributed by atoms with Gasteiger partial charge in [-0.15, -0.1) is 0 Å². The van der Waals surface area contributed by atoms with Crippen molar-refractivity contribution in [2.75, 3.05) is 26.4 Å². The standard InChI is InChI=1S/C25H36O7/c1-19(26)30-17-22-14-25(32-20(2)27,11-13-28-16-21-8-4-3-5-9-21)15-23(22)18-31-24-10-6-7-12-29-24/h3-5,8-9,22-24H,6-7,10-18H2,1-2H3. The number of hydrogen-bond acceptors (Lipinski definition) is 7. The van der Waals surface area contributed by atoms with Gasteiger partial charge in [-0.2, -0.15) is 0 Å². The zero-order valence-corrected chi connectivity index (χ0v) is 19.3. The van der Waals surface area contributed by atoms with Gasteiger partial charge in [-0.3, -0.25) is 9.59 Å². The maximum Gasteiger partial charge on any atom is 0.303 e. The second kappa shape index (κ2) is 12.3. The fourth-order valence-corrected chi connectivity index (χ4v) is 4.73. The lowest BCUT2D eigenvalue weighted by Crippen LogP contribution is -2.34. The Morgan fingerprint density at radius 1 is 1.03 bits per heavy atom. The predicted molar refractivity (Wildman–Crippen MR) is 118 cm³/mol. The first-order valence-electron chi connectivity index (χ1n) is 11.6. The van der Waals surface area contributed by atoms with Crippen LogP contribution in [0.25, 0.3) is 0 Å². The van der Waals surface area contributed by atoms with Gasteiger partial charge in [0, 0.05) is 32.8 Å². The lowest BCUT2D eigenvalue weighted by Gasteiger charge is -2.29. The van der Waals surface area contributed by atoms with Gasteiger partial charge in [0.15, 0.2) is 6.29 Å². The first-order valence-corrected chi connectivity index (χ1v) is 11.6. The highest BCUT2D eigenvalue weighted by molar-refractivity contribution is 5.66. The molecule has 0 amide bonds. The van der Waals surface area contributed by atoms with E-state index in [-0.39, 0.29) is 30.1 Å². The van der Waals surface area contributed by atoms with Crippen molar-refractivity contribution in [3.8, 4) is 0 Å². The predicted octanol–water partition coefficient (Wildman–Crippen LogP) is 4.03. The number of rotatable bonds is 11. The highest BCUT2D eigenvalue weighted by Crippen LogP contribution is 2.45. The van der Waals surface area contributed by atoms with E-state index in [2.05, 4.69) is 0 Å². The highest BCUT2D eigenvalue weighted by atomic mass is 16.7. The van der Waals surface area contributed by atoms with E-state index in [9.17, 15) is 9.59 Å². The first kappa shape index (κ1) is 24.7. The fraction of sp³-hybridized carbons (Fsp3) is 0.680. The van der Waals surface area contributed by atoms with Crippen LogP contribution in [0.1, 0.15) is 57.9 Å². The minimum atomic E-state index is -0.644. The van der Waals surface area contributed by atoms with Crippen LogP contribution < -0.4 is 0 Å². The van der Waals surface area contributed by atoms with Crippen LogP contribution in [0, 0.1) is 11.8 Å². The summed E-state index contributed by atoms with van der Waals surface area (Å²) in [7, 11) is 0. The number of carbonyl (C=O) groups excluding carboxylic acids is 2. The number of esters is 2. The minimum absolute atomic E-state index is 0.0518. The van der Waals surface area contributed by atoms with E-state index < -0.39 is 5.60 Å². The molecule has 1 heterocycles. The van der Waals surface area contributed by atoms with Crippen molar-refractivity contribution in [2.24, 2.45) is 11.8 Å². The van der Waals surface area contributed by atoms with Crippen LogP contribution in [0.5, 0.6) is 0 Å². The minimum Gasteiger partial charge on any atom is -0.466 e. The van der Waals surface area contributed by atoms with Gasteiger partial charge in [-0.1, -0.05) is 30.3 Å². The molecule has 2 fully saturated rings. The molecule has 4 unspecified atom stereocenters. The van der Waals surface area contributed by atoms with Crippen LogP contribution in [0.2, 0.25) is 0 Å². The quantitative estimate of drug-likeness (QED) is 0.373. The molecule has 3 rings (SSSR count). The Hall–Kier alpha value is -1.96. The summed E-state index contributed by atoms with van der Waals surface area (Å²) >= 11 is 0. The summed E-state index contributed by atoms with van der Waals surface area (Å²) in [5.74, 6) is -0.461. The third-order valence-corrected chi connectivity index (χ3v) is 6.24. The van der Waals surface area contributed by atoms with Crippen molar-refractivity contribution < 1.29 is 33.3 Å². The van der Waals surface area contributed by atoms with Crippen LogP contribution in [0.3, 0.4) is 0 Å². The Bertz CT molecular complexity index is 716. The van der Waals surface area contributed by atoms with Crippen molar-refractivity contribution in [2.45, 2.75) is 70.9 Å². The largest absolute Gasteiger partial charge is 0.466 e. The lowest BCUT2D eigenvalue weighted by atomic mass is 9.96. The van der Waals surface area contributed by atoms with Gasteiger partial charge >= 0.3 is 11.9 Å². The van der Waals surface area contributed by atoms with Gasteiger partial charge in [-0.05, 0) is 43.6 Å². The summed E-state index contributed by atoms with van der Waals surface area (Å²) in [4.78, 5) is 23.4. The maximum absolute atomic E-state index is 11.9. The Balaban J connectivity index is 1.60. The molecule has 4 atom stereocenters. The molecule has 1 aromatic rings. The molecule has 7 heteroatoms. The zero-order valence-electron chi connectivity index (χ0n) is 19.3. The molecule has 0 bridgehead atoms. The van der Waals surface area contributed by atoms with E-state index in [0.717, 1.165) is 31.4 Å². The molecule has 1 saturated heterocycles. The van der Waals surface area contributed by atoms with E-state index in [1.54, 1.807) is 0 Å². The van der Waals surface area contributed by atoms with Crippen LogP contribution in [-0.4, -0.2) is 50.3 Å². The van der Waals surface area contributed by atoms with Gasteiger partial charge in [0.1, 0.15) is 5.60 Å². The molecule has 0 spiro atoms. The second-order valence-corrected chi connectivity index (χ2v) is 8.93. The van der Waals surface area contributed by atoms with E-state index in [4.69, 9.17) is 23.7 Å². The summed E-state index contributed by atoms with van der Waals surface area (Å²) in [6.07, 6.45) is 4.74. The first-order chi connectivity index (χ1) is 15.5. The van der Waals surface area contributed by atoms with Crippen molar-refractivity contribution in [3.05, 3.63) is 35.9 Å². The van der Waals surface area contributed by atoms with Crippen LogP contribution >= 0.6 is 0 Å². The Morgan fingerprint density at radius 2 is 1.78 bits per heavy atom. The molecule has 1 saturated carbocycles. The average Bonchev–Trinajstić information content (AvgIpc) is 3.12. The molecule has 0 aromatic heterocycles. The summed E-state index contributed by atoms with van der Waals surface area (Å²) in [6.45, 7) is 5.34. The van der Waals surface area contributed by atoms with Gasteiger partial charge in [0.25, 0.3) is 0 Å². The molecule has 7 nitrogen and oxygen atoms in total. The molecule has 0 N–H and O–H groups in total. The molecular formula is C25H36O7. The second-order valence-electron chi connectivity index (χ2n) is 8.93. The smallest absolute Gasteiger partial charge is 0.303 e. The molecule has 0 radical (unpaired) electrons. The van der Waals surface area contributed by atoms with Crippen LogP contribution in [0.15, 0.2) is 30.3 Å². The van der Waals surface area contributed by atoms with E-state index in [0.29, 0.717) is 45.7 Å². The molecule has 1 aliphatic heterocycles. The normalized spacial score (nSPS) is 27.8. The number of carbonyl (C=O) groups is 2. The third-order valence-electron chi connectivity index (χ3n) is 6.24. The van der Waals surface area contributed by atoms with Crippen molar-refractivity contribution in [1.82, 2.24) is 0 Å². The molecule has 2 aliphatic rings. The number of ether oxygens (including phenoxy) is 5. The highest BCUT2D eigenvalue weighted by Gasteiger charge is 2.48. The molecule has 178 valence electrons. The molecule has 1 aliphatic carbocycles. The molecular weight excluding hydrogens is 412 g/mol. The van der Waals surface area contributed by atoms with Crippen LogP contribution in [0.4, 0.5) is 0 Å². The van der Waals surface area contributed by atoms with Gasteiger partial charge in [0.2, 0.25) is 0 Å². The van der Waals surface area contributed by atoms with Crippen molar-refractivity contribution >= 4 is 11.9 Å². The lowest BCUT2D eigenvalue weighted by molar-refractivity contribution is -0.173. The van der Waals surface area contributed by atoms with Gasteiger partial charge < -0.3 is 23.7 Å². The van der Waals surface area contributed by atoms with Crippen molar-refractivity contribution in [3.63, 3.8) is 0 Å². The van der Waals surface area contributed by atoms with Gasteiger partial charge in [0.05, 0.1) is 26.4 Å².